The molecule has 0 spiro atoms. The summed E-state index contributed by atoms with van der Waals surface area (Å²) in [6.07, 6.45) is 5.45. The highest BCUT2D eigenvalue weighted by molar-refractivity contribution is 5.65. The zero-order chi connectivity index (χ0) is 15.2. The van der Waals surface area contributed by atoms with Gasteiger partial charge in [-0.05, 0) is 36.3 Å². The molecular weight excluding hydrogens is 274 g/mol. The van der Waals surface area contributed by atoms with Gasteiger partial charge in [-0.3, -0.25) is 0 Å². The van der Waals surface area contributed by atoms with Crippen LogP contribution in [0.3, 0.4) is 0 Å². The lowest BCUT2D eigenvalue weighted by atomic mass is 10.2. The SMILES string of the molecule is Cc1cccc(OCc2coc(C=Cc3ccccc3)n2)c1. The van der Waals surface area contributed by atoms with E-state index in [1.54, 1.807) is 6.26 Å². The van der Waals surface area contributed by atoms with Crippen molar-refractivity contribution >= 4 is 12.2 Å². The van der Waals surface area contributed by atoms with E-state index in [4.69, 9.17) is 9.15 Å². The van der Waals surface area contributed by atoms with E-state index < -0.39 is 0 Å². The topological polar surface area (TPSA) is 35.3 Å². The Labute approximate surface area is 129 Å². The third-order valence-electron chi connectivity index (χ3n) is 3.16. The van der Waals surface area contributed by atoms with E-state index in [1.165, 1.54) is 5.56 Å². The van der Waals surface area contributed by atoms with Gasteiger partial charge in [-0.15, -0.1) is 0 Å². The van der Waals surface area contributed by atoms with Crippen molar-refractivity contribution in [2.24, 2.45) is 0 Å². The Morgan fingerprint density at radius 2 is 1.91 bits per heavy atom. The molecule has 0 bridgehead atoms. The quantitative estimate of drug-likeness (QED) is 0.681. The van der Waals surface area contributed by atoms with Crippen molar-refractivity contribution in [3.63, 3.8) is 0 Å². The highest BCUT2D eigenvalue weighted by Gasteiger charge is 2.02. The number of aromatic nitrogens is 1. The van der Waals surface area contributed by atoms with Crippen LogP contribution in [0.5, 0.6) is 5.75 Å². The fourth-order valence-electron chi connectivity index (χ4n) is 2.06. The molecule has 0 aliphatic carbocycles. The van der Waals surface area contributed by atoms with Gasteiger partial charge in [-0.1, -0.05) is 42.5 Å². The molecule has 0 aliphatic heterocycles. The zero-order valence-electron chi connectivity index (χ0n) is 12.4. The Bertz CT molecular complexity index is 760. The molecule has 3 heteroatoms. The smallest absolute Gasteiger partial charge is 0.218 e. The zero-order valence-corrected chi connectivity index (χ0v) is 12.4. The second kappa shape index (κ2) is 6.76. The molecule has 2 aromatic carbocycles. The number of hydrogen-bond donors (Lipinski definition) is 0. The summed E-state index contributed by atoms with van der Waals surface area (Å²) in [6.45, 7) is 2.43. The molecule has 0 aliphatic rings. The van der Waals surface area contributed by atoms with Crippen molar-refractivity contribution in [3.8, 4) is 5.75 Å². The maximum absolute atomic E-state index is 5.70. The van der Waals surface area contributed by atoms with Gasteiger partial charge in [0, 0.05) is 6.08 Å². The lowest BCUT2D eigenvalue weighted by Gasteiger charge is -2.03. The van der Waals surface area contributed by atoms with E-state index in [0.29, 0.717) is 12.5 Å². The predicted molar refractivity (Wildman–Crippen MR) is 87.4 cm³/mol. The highest BCUT2D eigenvalue weighted by atomic mass is 16.5. The predicted octanol–water partition coefficient (Wildman–Crippen LogP) is 4.73. The van der Waals surface area contributed by atoms with E-state index in [2.05, 4.69) is 4.98 Å². The maximum Gasteiger partial charge on any atom is 0.218 e. The molecule has 0 unspecified atom stereocenters. The Morgan fingerprint density at radius 3 is 2.73 bits per heavy atom. The first-order chi connectivity index (χ1) is 10.8. The number of oxazole rings is 1. The van der Waals surface area contributed by atoms with Crippen LogP contribution in [0.2, 0.25) is 0 Å². The molecule has 0 fully saturated rings. The van der Waals surface area contributed by atoms with Crippen LogP contribution in [-0.4, -0.2) is 4.98 Å². The summed E-state index contributed by atoms with van der Waals surface area (Å²) in [5.41, 5.74) is 3.05. The van der Waals surface area contributed by atoms with Gasteiger partial charge in [0.2, 0.25) is 5.89 Å². The highest BCUT2D eigenvalue weighted by Crippen LogP contribution is 2.15. The van der Waals surface area contributed by atoms with Crippen LogP contribution in [0.4, 0.5) is 0 Å². The van der Waals surface area contributed by atoms with Crippen LogP contribution in [0, 0.1) is 6.92 Å². The summed E-state index contributed by atoms with van der Waals surface area (Å²) < 4.78 is 11.1. The largest absolute Gasteiger partial charge is 0.487 e. The minimum Gasteiger partial charge on any atom is -0.487 e. The van der Waals surface area contributed by atoms with Crippen LogP contribution in [-0.2, 0) is 6.61 Å². The number of ether oxygens (including phenoxy) is 1. The van der Waals surface area contributed by atoms with Crippen LogP contribution in [0.15, 0.2) is 65.3 Å². The Morgan fingerprint density at radius 1 is 1.05 bits per heavy atom. The van der Waals surface area contributed by atoms with Gasteiger partial charge in [0.25, 0.3) is 0 Å². The number of rotatable bonds is 5. The summed E-state index contributed by atoms with van der Waals surface area (Å²) in [4.78, 5) is 4.38. The third-order valence-corrected chi connectivity index (χ3v) is 3.16. The summed E-state index contributed by atoms with van der Waals surface area (Å²) in [6, 6.07) is 18.0. The lowest BCUT2D eigenvalue weighted by molar-refractivity contribution is 0.301. The summed E-state index contributed by atoms with van der Waals surface area (Å²) >= 11 is 0. The monoisotopic (exact) mass is 291 g/mol. The van der Waals surface area contributed by atoms with Crippen molar-refractivity contribution in [2.75, 3.05) is 0 Å². The van der Waals surface area contributed by atoms with Gasteiger partial charge in [0.15, 0.2) is 0 Å². The van der Waals surface area contributed by atoms with Gasteiger partial charge < -0.3 is 9.15 Å². The van der Waals surface area contributed by atoms with Gasteiger partial charge in [-0.25, -0.2) is 4.98 Å². The molecule has 0 amide bonds. The summed E-state index contributed by atoms with van der Waals surface area (Å²) in [5.74, 6) is 1.41. The molecule has 0 saturated heterocycles. The van der Waals surface area contributed by atoms with E-state index in [-0.39, 0.29) is 0 Å². The summed E-state index contributed by atoms with van der Waals surface area (Å²) in [7, 11) is 0. The second-order valence-electron chi connectivity index (χ2n) is 5.03. The number of benzene rings is 2. The number of hydrogen-bond acceptors (Lipinski definition) is 3. The lowest BCUT2D eigenvalue weighted by Crippen LogP contribution is -1.95. The number of nitrogens with zero attached hydrogens (tertiary/aromatic N) is 1. The number of aryl methyl sites for hydroxylation is 1. The maximum atomic E-state index is 5.70. The van der Waals surface area contributed by atoms with E-state index in [9.17, 15) is 0 Å². The minimum absolute atomic E-state index is 0.395. The molecule has 110 valence electrons. The van der Waals surface area contributed by atoms with Crippen molar-refractivity contribution in [1.29, 1.82) is 0 Å². The summed E-state index contributed by atoms with van der Waals surface area (Å²) in [5, 5.41) is 0. The van der Waals surface area contributed by atoms with Crippen LogP contribution in [0.1, 0.15) is 22.7 Å². The van der Waals surface area contributed by atoms with Gasteiger partial charge in [0.1, 0.15) is 24.3 Å². The van der Waals surface area contributed by atoms with Crippen molar-refractivity contribution in [3.05, 3.63) is 83.6 Å². The van der Waals surface area contributed by atoms with Crippen LogP contribution >= 0.6 is 0 Å². The van der Waals surface area contributed by atoms with Gasteiger partial charge in [0.05, 0.1) is 0 Å². The molecule has 3 aromatic rings. The second-order valence-corrected chi connectivity index (χ2v) is 5.03. The standard InChI is InChI=1S/C19H17NO2/c1-15-6-5-9-18(12-15)21-13-17-14-22-19(20-17)11-10-16-7-3-2-4-8-16/h2-12,14H,13H2,1H3. The molecule has 0 saturated carbocycles. The van der Waals surface area contributed by atoms with Crippen LogP contribution in [0.25, 0.3) is 12.2 Å². The van der Waals surface area contributed by atoms with Crippen molar-refractivity contribution in [1.82, 2.24) is 4.98 Å². The Balaban J connectivity index is 1.60. The van der Waals surface area contributed by atoms with Crippen molar-refractivity contribution in [2.45, 2.75) is 13.5 Å². The third kappa shape index (κ3) is 3.85. The molecule has 3 rings (SSSR count). The molecule has 0 radical (unpaired) electrons. The fourth-order valence-corrected chi connectivity index (χ4v) is 2.06. The van der Waals surface area contributed by atoms with Gasteiger partial charge >= 0.3 is 0 Å². The molecule has 0 N–H and O–H groups in total. The molecule has 3 nitrogen and oxygen atoms in total. The Hall–Kier alpha value is -2.81. The molecule has 22 heavy (non-hydrogen) atoms. The van der Waals surface area contributed by atoms with E-state index >= 15 is 0 Å². The molecule has 1 heterocycles. The molecule has 0 atom stereocenters. The van der Waals surface area contributed by atoms with E-state index in [0.717, 1.165) is 17.0 Å². The Kier molecular flexibility index (Phi) is 4.35. The first-order valence-corrected chi connectivity index (χ1v) is 7.16. The molecule has 1 aromatic heterocycles. The average molecular weight is 291 g/mol. The van der Waals surface area contributed by atoms with Crippen molar-refractivity contribution < 1.29 is 9.15 Å². The first kappa shape index (κ1) is 14.1. The normalized spacial score (nSPS) is 11.0. The minimum atomic E-state index is 0.395. The van der Waals surface area contributed by atoms with E-state index in [1.807, 2.05) is 73.7 Å². The molecular formula is C19H17NO2. The van der Waals surface area contributed by atoms with Crippen LogP contribution < -0.4 is 4.74 Å². The fraction of sp³-hybridized carbons (Fsp3) is 0.105. The average Bonchev–Trinajstić information content (AvgIpc) is 3.00. The van der Waals surface area contributed by atoms with Gasteiger partial charge in [-0.2, -0.15) is 0 Å². The first-order valence-electron chi connectivity index (χ1n) is 7.16.